The summed E-state index contributed by atoms with van der Waals surface area (Å²) in [5, 5.41) is 1.05. The van der Waals surface area contributed by atoms with Gasteiger partial charge < -0.3 is 4.74 Å². The Balaban J connectivity index is 1.97. The van der Waals surface area contributed by atoms with Crippen molar-refractivity contribution in [3.8, 4) is 16.2 Å². The number of rotatable bonds is 5. The molecule has 22 heavy (non-hydrogen) atoms. The van der Waals surface area contributed by atoms with E-state index >= 15 is 0 Å². The van der Waals surface area contributed by atoms with Crippen LogP contribution in [0.25, 0.3) is 21.3 Å². The van der Waals surface area contributed by atoms with Gasteiger partial charge in [0.2, 0.25) is 11.3 Å². The van der Waals surface area contributed by atoms with Gasteiger partial charge in [-0.15, -0.1) is 11.3 Å². The molecule has 0 aliphatic heterocycles. The predicted molar refractivity (Wildman–Crippen MR) is 89.2 cm³/mol. The second kappa shape index (κ2) is 6.53. The standard InChI is InChI=1S/C15H14N2O3S2/c1-20-10-2-4-12-13(6-7-16-14(12)8-10)15-5-3-11(21-15)9-17-22(18)19/h2-8,17H,9H2,1H3,(H,18,19). The highest BCUT2D eigenvalue weighted by molar-refractivity contribution is 7.77. The molecular weight excluding hydrogens is 320 g/mol. The van der Waals surface area contributed by atoms with Crippen molar-refractivity contribution < 1.29 is 13.5 Å². The summed E-state index contributed by atoms with van der Waals surface area (Å²) in [6, 6.07) is 11.8. The van der Waals surface area contributed by atoms with Crippen LogP contribution in [0.2, 0.25) is 0 Å². The number of hydrogen-bond acceptors (Lipinski definition) is 4. The molecule has 2 aromatic heterocycles. The van der Waals surface area contributed by atoms with Crippen LogP contribution >= 0.6 is 11.3 Å². The topological polar surface area (TPSA) is 71.5 Å². The van der Waals surface area contributed by atoms with Crippen molar-refractivity contribution >= 4 is 33.5 Å². The number of nitrogens with zero attached hydrogens (tertiary/aromatic N) is 1. The minimum Gasteiger partial charge on any atom is -0.497 e. The van der Waals surface area contributed by atoms with Crippen LogP contribution in [-0.4, -0.2) is 20.9 Å². The van der Waals surface area contributed by atoms with Crippen LogP contribution in [0.4, 0.5) is 0 Å². The Hall–Kier alpha value is -1.80. The van der Waals surface area contributed by atoms with E-state index in [-0.39, 0.29) is 0 Å². The quantitative estimate of drug-likeness (QED) is 0.703. The smallest absolute Gasteiger partial charge is 0.232 e. The van der Waals surface area contributed by atoms with E-state index in [1.807, 2.05) is 36.4 Å². The fourth-order valence-electron chi connectivity index (χ4n) is 2.22. The van der Waals surface area contributed by atoms with Gasteiger partial charge in [-0.3, -0.25) is 9.54 Å². The largest absolute Gasteiger partial charge is 0.497 e. The molecule has 0 aliphatic carbocycles. The maximum absolute atomic E-state index is 10.7. The number of benzene rings is 1. The van der Waals surface area contributed by atoms with Gasteiger partial charge in [-0.2, -0.15) is 0 Å². The van der Waals surface area contributed by atoms with Crippen LogP contribution in [-0.2, 0) is 17.8 Å². The lowest BCUT2D eigenvalue weighted by Crippen LogP contribution is -2.14. The average Bonchev–Trinajstić information content (AvgIpc) is 3.00. The second-order valence-corrected chi connectivity index (χ2v) is 6.53. The number of hydrogen-bond donors (Lipinski definition) is 2. The lowest BCUT2D eigenvalue weighted by molar-refractivity contribution is 0.415. The molecule has 2 N–H and O–H groups in total. The molecule has 0 fully saturated rings. The Morgan fingerprint density at radius 1 is 1.32 bits per heavy atom. The zero-order valence-corrected chi connectivity index (χ0v) is 13.4. The molecule has 0 bridgehead atoms. The zero-order valence-electron chi connectivity index (χ0n) is 11.8. The molecule has 2 heterocycles. The molecule has 0 radical (unpaired) electrons. The highest BCUT2D eigenvalue weighted by Crippen LogP contribution is 2.34. The van der Waals surface area contributed by atoms with Crippen LogP contribution in [0.15, 0.2) is 42.6 Å². The Morgan fingerprint density at radius 3 is 2.95 bits per heavy atom. The Kier molecular flexibility index (Phi) is 4.49. The maximum atomic E-state index is 10.7. The van der Waals surface area contributed by atoms with Gasteiger partial charge >= 0.3 is 0 Å². The molecule has 0 saturated carbocycles. The lowest BCUT2D eigenvalue weighted by atomic mass is 10.1. The molecule has 3 rings (SSSR count). The molecule has 114 valence electrons. The summed E-state index contributed by atoms with van der Waals surface area (Å²) >= 11 is -0.409. The number of thiophene rings is 1. The molecule has 0 amide bonds. The van der Waals surface area contributed by atoms with Crippen LogP contribution < -0.4 is 9.46 Å². The molecular formula is C15H14N2O3S2. The molecule has 1 unspecified atom stereocenters. The van der Waals surface area contributed by atoms with Gasteiger partial charge in [0.05, 0.1) is 12.6 Å². The number of methoxy groups -OCH3 is 1. The van der Waals surface area contributed by atoms with Crippen LogP contribution in [0, 0.1) is 0 Å². The van der Waals surface area contributed by atoms with Crippen molar-refractivity contribution in [3.05, 3.63) is 47.5 Å². The highest BCUT2D eigenvalue weighted by atomic mass is 32.2. The first-order valence-electron chi connectivity index (χ1n) is 6.53. The van der Waals surface area contributed by atoms with E-state index in [0.29, 0.717) is 6.54 Å². The van der Waals surface area contributed by atoms with Crippen molar-refractivity contribution in [3.63, 3.8) is 0 Å². The third kappa shape index (κ3) is 3.17. The fraction of sp³-hybridized carbons (Fsp3) is 0.133. The number of fused-ring (bicyclic) bond motifs is 1. The third-order valence-corrected chi connectivity index (χ3v) is 4.76. The second-order valence-electron chi connectivity index (χ2n) is 4.58. The number of nitrogens with one attached hydrogen (secondary N) is 1. The molecule has 7 heteroatoms. The van der Waals surface area contributed by atoms with E-state index in [1.165, 1.54) is 0 Å². The molecule has 1 aromatic carbocycles. The minimum atomic E-state index is -1.99. The van der Waals surface area contributed by atoms with Gasteiger partial charge in [0.25, 0.3) is 0 Å². The molecule has 0 saturated heterocycles. The van der Waals surface area contributed by atoms with Gasteiger partial charge in [-0.05, 0) is 30.3 Å². The number of aromatic nitrogens is 1. The van der Waals surface area contributed by atoms with Crippen molar-refractivity contribution in [1.82, 2.24) is 9.71 Å². The predicted octanol–water partition coefficient (Wildman–Crippen LogP) is 3.20. The van der Waals surface area contributed by atoms with Gasteiger partial charge in [0.15, 0.2) is 0 Å². The van der Waals surface area contributed by atoms with Crippen LogP contribution in [0.1, 0.15) is 4.88 Å². The van der Waals surface area contributed by atoms with Gasteiger partial charge in [0.1, 0.15) is 5.75 Å². The van der Waals surface area contributed by atoms with Gasteiger partial charge in [0, 0.05) is 39.5 Å². The van der Waals surface area contributed by atoms with E-state index < -0.39 is 11.3 Å². The normalized spacial score (nSPS) is 12.5. The third-order valence-electron chi connectivity index (χ3n) is 3.25. The Labute approximate surface area is 134 Å². The van der Waals surface area contributed by atoms with Gasteiger partial charge in [-0.25, -0.2) is 8.93 Å². The summed E-state index contributed by atoms with van der Waals surface area (Å²) in [5.41, 5.74) is 1.97. The van der Waals surface area contributed by atoms with E-state index in [2.05, 4.69) is 9.71 Å². The molecule has 1 atom stereocenters. The SMILES string of the molecule is COc1ccc2c(-c3ccc(CNS(=O)O)s3)ccnc2c1. The van der Waals surface area contributed by atoms with Crippen molar-refractivity contribution in [2.45, 2.75) is 6.54 Å². The summed E-state index contributed by atoms with van der Waals surface area (Å²) in [7, 11) is 1.63. The van der Waals surface area contributed by atoms with Gasteiger partial charge in [-0.1, -0.05) is 0 Å². The van der Waals surface area contributed by atoms with E-state index in [1.54, 1.807) is 24.6 Å². The van der Waals surface area contributed by atoms with E-state index in [0.717, 1.165) is 32.0 Å². The first-order chi connectivity index (χ1) is 10.7. The van der Waals surface area contributed by atoms with Crippen LogP contribution in [0.3, 0.4) is 0 Å². The van der Waals surface area contributed by atoms with Crippen molar-refractivity contribution in [2.75, 3.05) is 7.11 Å². The lowest BCUT2D eigenvalue weighted by Gasteiger charge is -2.06. The fourth-order valence-corrected chi connectivity index (χ4v) is 3.58. The molecule has 5 nitrogen and oxygen atoms in total. The molecule has 0 spiro atoms. The zero-order chi connectivity index (χ0) is 15.5. The first-order valence-corrected chi connectivity index (χ1v) is 8.46. The number of ether oxygens (including phenoxy) is 1. The maximum Gasteiger partial charge on any atom is 0.232 e. The monoisotopic (exact) mass is 334 g/mol. The Bertz CT molecular complexity index is 833. The van der Waals surface area contributed by atoms with Crippen LogP contribution in [0.5, 0.6) is 5.75 Å². The van der Waals surface area contributed by atoms with E-state index in [9.17, 15) is 4.21 Å². The minimum absolute atomic E-state index is 0.366. The summed E-state index contributed by atoms with van der Waals surface area (Å²) in [6.07, 6.45) is 1.78. The number of pyridine rings is 1. The van der Waals surface area contributed by atoms with E-state index in [4.69, 9.17) is 9.29 Å². The molecule has 3 aromatic rings. The summed E-state index contributed by atoms with van der Waals surface area (Å²) in [5.74, 6) is 0.777. The summed E-state index contributed by atoms with van der Waals surface area (Å²) < 4.78 is 27.2. The Morgan fingerprint density at radius 2 is 2.18 bits per heavy atom. The summed E-state index contributed by atoms with van der Waals surface area (Å²) in [4.78, 5) is 6.47. The van der Waals surface area contributed by atoms with Crippen molar-refractivity contribution in [2.24, 2.45) is 0 Å². The summed E-state index contributed by atoms with van der Waals surface area (Å²) in [6.45, 7) is 0.366. The van der Waals surface area contributed by atoms with Crippen molar-refractivity contribution in [1.29, 1.82) is 0 Å². The molecule has 0 aliphatic rings. The average molecular weight is 334 g/mol. The highest BCUT2D eigenvalue weighted by Gasteiger charge is 2.09. The first kappa shape index (κ1) is 15.1.